The Bertz CT molecular complexity index is 796. The molecule has 1 saturated heterocycles. The lowest BCUT2D eigenvalue weighted by molar-refractivity contribution is -0.0704. The normalized spacial score (nSPS) is 19.6. The predicted octanol–water partition coefficient (Wildman–Crippen LogP) is 2.53. The van der Waals surface area contributed by atoms with Gasteiger partial charge >= 0.3 is 6.03 Å². The minimum Gasteiger partial charge on any atom is -0.373 e. The van der Waals surface area contributed by atoms with Crippen LogP contribution in [0.5, 0.6) is 0 Å². The van der Waals surface area contributed by atoms with E-state index in [-0.39, 0.29) is 18.2 Å². The second-order valence-electron chi connectivity index (χ2n) is 7.67. The minimum absolute atomic E-state index is 0.267. The summed E-state index contributed by atoms with van der Waals surface area (Å²) in [4.78, 5) is 22.8. The summed E-state index contributed by atoms with van der Waals surface area (Å²) in [5.41, 5.74) is 9.25. The zero-order valence-corrected chi connectivity index (χ0v) is 17.5. The molecule has 8 nitrogen and oxygen atoms in total. The summed E-state index contributed by atoms with van der Waals surface area (Å²) in [6, 6.07) is 9.85. The Morgan fingerprint density at radius 1 is 1.07 bits per heavy atom. The molecule has 0 bridgehead atoms. The Morgan fingerprint density at radius 2 is 1.66 bits per heavy atom. The number of nitrogens with zero attached hydrogens (tertiary/aromatic N) is 3. The van der Waals surface area contributed by atoms with Crippen LogP contribution >= 0.6 is 0 Å². The highest BCUT2D eigenvalue weighted by molar-refractivity contribution is 5.74. The van der Waals surface area contributed by atoms with E-state index in [0.717, 1.165) is 36.6 Å². The van der Waals surface area contributed by atoms with Crippen molar-refractivity contribution in [1.29, 1.82) is 0 Å². The maximum absolute atomic E-state index is 12.0. The van der Waals surface area contributed by atoms with Gasteiger partial charge in [-0.15, -0.1) is 0 Å². The van der Waals surface area contributed by atoms with Crippen molar-refractivity contribution in [2.24, 2.45) is 0 Å². The van der Waals surface area contributed by atoms with Gasteiger partial charge in [-0.25, -0.2) is 20.2 Å². The third-order valence-corrected chi connectivity index (χ3v) is 4.65. The molecule has 2 amide bonds. The van der Waals surface area contributed by atoms with E-state index in [4.69, 9.17) is 4.74 Å². The number of rotatable bonds is 6. The zero-order valence-electron chi connectivity index (χ0n) is 17.5. The average molecular weight is 399 g/mol. The van der Waals surface area contributed by atoms with Crippen molar-refractivity contribution in [2.75, 3.05) is 18.5 Å². The molecule has 1 aromatic carbocycles. The monoisotopic (exact) mass is 398 g/mol. The first kappa shape index (κ1) is 21.0. The molecular formula is C21H30N6O2. The molecule has 0 radical (unpaired) electrons. The number of hydrazine groups is 1. The van der Waals surface area contributed by atoms with Gasteiger partial charge in [0.05, 0.1) is 12.2 Å². The molecule has 1 aliphatic heterocycles. The summed E-state index contributed by atoms with van der Waals surface area (Å²) >= 11 is 0. The Balaban J connectivity index is 1.43. The molecule has 156 valence electrons. The molecular weight excluding hydrogens is 368 g/mol. The van der Waals surface area contributed by atoms with E-state index < -0.39 is 0 Å². The van der Waals surface area contributed by atoms with Crippen LogP contribution in [0.15, 0.2) is 30.3 Å². The van der Waals surface area contributed by atoms with Gasteiger partial charge in [0.1, 0.15) is 0 Å². The van der Waals surface area contributed by atoms with Crippen LogP contribution in [-0.2, 0) is 17.8 Å². The molecule has 0 saturated carbocycles. The Labute approximate surface area is 172 Å². The van der Waals surface area contributed by atoms with E-state index in [1.807, 2.05) is 32.0 Å². The number of aromatic nitrogens is 2. The first-order chi connectivity index (χ1) is 13.9. The van der Waals surface area contributed by atoms with Gasteiger partial charge in [-0.05, 0) is 44.9 Å². The fourth-order valence-electron chi connectivity index (χ4n) is 3.56. The van der Waals surface area contributed by atoms with Crippen LogP contribution in [0.1, 0.15) is 36.4 Å². The largest absolute Gasteiger partial charge is 0.373 e. The number of carbonyl (C=O) groups excluding carboxylic acids is 1. The van der Waals surface area contributed by atoms with Crippen molar-refractivity contribution >= 4 is 12.0 Å². The topological polar surface area (TPSA) is 91.4 Å². The summed E-state index contributed by atoms with van der Waals surface area (Å²) in [5.74, 6) is 0.369. The van der Waals surface area contributed by atoms with E-state index in [9.17, 15) is 4.79 Å². The second kappa shape index (κ2) is 9.67. The van der Waals surface area contributed by atoms with E-state index in [2.05, 4.69) is 57.0 Å². The number of benzene rings is 1. The lowest BCUT2D eigenvalue weighted by Gasteiger charge is -2.35. The molecule has 2 heterocycles. The Kier molecular flexibility index (Phi) is 7.00. The number of hydrogen-bond acceptors (Lipinski definition) is 6. The Morgan fingerprint density at radius 3 is 2.28 bits per heavy atom. The fourth-order valence-corrected chi connectivity index (χ4v) is 3.56. The molecule has 1 fully saturated rings. The number of nitrogens with one attached hydrogen (secondary N) is 3. The molecule has 1 aromatic heterocycles. The predicted molar refractivity (Wildman–Crippen MR) is 112 cm³/mol. The van der Waals surface area contributed by atoms with Crippen molar-refractivity contribution in [3.63, 3.8) is 0 Å². The molecule has 0 aliphatic carbocycles. The first-order valence-corrected chi connectivity index (χ1v) is 9.95. The molecule has 2 atom stereocenters. The first-order valence-electron chi connectivity index (χ1n) is 9.95. The highest BCUT2D eigenvalue weighted by atomic mass is 16.5. The van der Waals surface area contributed by atoms with Crippen molar-refractivity contribution < 1.29 is 9.53 Å². The number of anilines is 1. The van der Waals surface area contributed by atoms with Crippen LogP contribution in [0, 0.1) is 13.8 Å². The van der Waals surface area contributed by atoms with Crippen molar-refractivity contribution in [3.8, 4) is 0 Å². The zero-order chi connectivity index (χ0) is 20.8. The average Bonchev–Trinajstić information content (AvgIpc) is 2.64. The van der Waals surface area contributed by atoms with Gasteiger partial charge in [0.25, 0.3) is 0 Å². The van der Waals surface area contributed by atoms with Gasteiger partial charge in [-0.3, -0.25) is 10.3 Å². The van der Waals surface area contributed by atoms with E-state index in [1.54, 1.807) is 0 Å². The van der Waals surface area contributed by atoms with Gasteiger partial charge < -0.3 is 10.1 Å². The molecule has 0 spiro atoms. The highest BCUT2D eigenvalue weighted by Crippen LogP contribution is 2.14. The van der Waals surface area contributed by atoms with Gasteiger partial charge in [-0.2, -0.15) is 0 Å². The van der Waals surface area contributed by atoms with Gasteiger partial charge in [0.2, 0.25) is 5.95 Å². The number of ether oxygens (including phenoxy) is 1. The van der Waals surface area contributed by atoms with E-state index >= 15 is 0 Å². The standard InChI is InChI=1S/C21H30N6O2/c1-14-9-15(2)24-20(23-14)25-26-21(28)22-10-18-5-7-19(8-6-18)13-27-11-16(3)29-17(4)12-27/h5-9,16-17H,10-13H2,1-4H3,(H2,22,26,28)(H,23,24,25)/t16-,17-/m0/s1. The molecule has 2 aromatic rings. The van der Waals surface area contributed by atoms with Crippen LogP contribution in [0.3, 0.4) is 0 Å². The second-order valence-corrected chi connectivity index (χ2v) is 7.67. The number of carbonyl (C=O) groups is 1. The molecule has 3 rings (SSSR count). The fraction of sp³-hybridized carbons (Fsp3) is 0.476. The van der Waals surface area contributed by atoms with Gasteiger partial charge in [0.15, 0.2) is 0 Å². The Hall–Kier alpha value is -2.71. The number of urea groups is 1. The van der Waals surface area contributed by atoms with E-state index in [0.29, 0.717) is 12.5 Å². The molecule has 29 heavy (non-hydrogen) atoms. The van der Waals surface area contributed by atoms with Crippen LogP contribution in [0.2, 0.25) is 0 Å². The molecule has 0 unspecified atom stereocenters. The number of amides is 2. The minimum atomic E-state index is -0.340. The van der Waals surface area contributed by atoms with Crippen molar-refractivity contribution in [1.82, 2.24) is 25.6 Å². The maximum atomic E-state index is 12.0. The van der Waals surface area contributed by atoms with Crippen LogP contribution in [0.25, 0.3) is 0 Å². The van der Waals surface area contributed by atoms with E-state index in [1.165, 1.54) is 5.56 Å². The van der Waals surface area contributed by atoms with Crippen molar-refractivity contribution in [2.45, 2.75) is 53.0 Å². The summed E-state index contributed by atoms with van der Waals surface area (Å²) in [6.07, 6.45) is 0.534. The molecule has 3 N–H and O–H groups in total. The van der Waals surface area contributed by atoms with Crippen LogP contribution in [-0.4, -0.2) is 46.2 Å². The lowest BCUT2D eigenvalue weighted by Crippen LogP contribution is -2.44. The SMILES string of the molecule is Cc1cc(C)nc(NNC(=O)NCc2ccc(CN3C[C@H](C)O[C@@H](C)C3)cc2)n1. The summed E-state index contributed by atoms with van der Waals surface area (Å²) in [7, 11) is 0. The number of aryl methyl sites for hydroxylation is 2. The highest BCUT2D eigenvalue weighted by Gasteiger charge is 2.21. The van der Waals surface area contributed by atoms with Crippen LogP contribution < -0.4 is 16.2 Å². The summed E-state index contributed by atoms with van der Waals surface area (Å²) < 4.78 is 5.79. The van der Waals surface area contributed by atoms with Gasteiger partial charge in [0, 0.05) is 37.6 Å². The quantitative estimate of drug-likeness (QED) is 0.648. The summed E-state index contributed by atoms with van der Waals surface area (Å²) in [6.45, 7) is 11.2. The third-order valence-electron chi connectivity index (χ3n) is 4.65. The smallest absolute Gasteiger partial charge is 0.333 e. The number of hydrogen-bond donors (Lipinski definition) is 3. The van der Waals surface area contributed by atoms with Gasteiger partial charge in [-0.1, -0.05) is 24.3 Å². The van der Waals surface area contributed by atoms with Crippen LogP contribution in [0.4, 0.5) is 10.7 Å². The number of morpholine rings is 1. The third kappa shape index (κ3) is 6.69. The van der Waals surface area contributed by atoms with Crippen molar-refractivity contribution in [3.05, 3.63) is 52.8 Å². The maximum Gasteiger partial charge on any atom is 0.333 e. The molecule has 8 heteroatoms. The summed E-state index contributed by atoms with van der Waals surface area (Å²) in [5, 5.41) is 2.82. The lowest BCUT2D eigenvalue weighted by atomic mass is 10.1. The molecule has 1 aliphatic rings.